The molecule has 0 bridgehead atoms. The summed E-state index contributed by atoms with van der Waals surface area (Å²) in [5.41, 5.74) is -0.617. The summed E-state index contributed by atoms with van der Waals surface area (Å²) in [5, 5.41) is 9.45. The topological polar surface area (TPSA) is 37.3 Å². The number of hydrogen-bond acceptors (Lipinski definition) is 1. The molecule has 2 heteroatoms. The van der Waals surface area contributed by atoms with Gasteiger partial charge in [-0.2, -0.15) is 0 Å². The first-order valence-electron chi connectivity index (χ1n) is 14.0. The lowest BCUT2D eigenvalue weighted by Crippen LogP contribution is -2.32. The zero-order valence-electron chi connectivity index (χ0n) is 22.3. The molecule has 0 aromatic heterocycles. The first-order valence-corrected chi connectivity index (χ1v) is 14.0. The molecule has 0 aliphatic carbocycles. The van der Waals surface area contributed by atoms with E-state index in [1.807, 2.05) is 13.8 Å². The van der Waals surface area contributed by atoms with Crippen molar-refractivity contribution in [2.24, 2.45) is 23.2 Å². The zero-order valence-corrected chi connectivity index (χ0v) is 22.3. The number of rotatable bonds is 22. The molecule has 0 aromatic carbocycles. The summed E-state index contributed by atoms with van der Waals surface area (Å²) in [6, 6.07) is 0. The van der Waals surface area contributed by atoms with Crippen molar-refractivity contribution in [2.45, 2.75) is 157 Å². The third-order valence-electron chi connectivity index (χ3n) is 7.78. The lowest BCUT2D eigenvalue weighted by atomic mass is 9.75. The van der Waals surface area contributed by atoms with E-state index in [2.05, 4.69) is 27.7 Å². The van der Waals surface area contributed by atoms with E-state index < -0.39 is 11.4 Å². The van der Waals surface area contributed by atoms with Gasteiger partial charge in [0.25, 0.3) is 0 Å². The Morgan fingerprint density at radius 1 is 0.677 bits per heavy atom. The van der Waals surface area contributed by atoms with Gasteiger partial charge in [0.1, 0.15) is 0 Å². The molecule has 31 heavy (non-hydrogen) atoms. The predicted octanol–water partition coefficient (Wildman–Crippen LogP) is 10.0. The van der Waals surface area contributed by atoms with Crippen LogP contribution in [0.4, 0.5) is 0 Å². The highest BCUT2D eigenvalue weighted by Crippen LogP contribution is 2.33. The number of aliphatic carboxylic acids is 1. The summed E-state index contributed by atoms with van der Waals surface area (Å²) in [6.45, 7) is 12.8. The molecule has 0 aromatic rings. The molecule has 0 amide bonds. The van der Waals surface area contributed by atoms with Crippen LogP contribution in [-0.4, -0.2) is 11.1 Å². The van der Waals surface area contributed by atoms with Gasteiger partial charge < -0.3 is 5.11 Å². The summed E-state index contributed by atoms with van der Waals surface area (Å²) in [4.78, 5) is 11.5. The smallest absolute Gasteiger partial charge is 0.309 e. The molecule has 0 spiro atoms. The number of unbranched alkanes of at least 4 members (excludes halogenated alkanes) is 10. The van der Waals surface area contributed by atoms with E-state index in [1.54, 1.807) is 0 Å². The Balaban J connectivity index is 4.19. The predicted molar refractivity (Wildman–Crippen MR) is 138 cm³/mol. The first-order chi connectivity index (χ1) is 14.8. The maximum atomic E-state index is 11.5. The maximum absolute atomic E-state index is 11.5. The summed E-state index contributed by atoms with van der Waals surface area (Å²) in [5.74, 6) is 1.12. The van der Waals surface area contributed by atoms with E-state index in [1.165, 1.54) is 109 Å². The molecule has 2 nitrogen and oxygen atoms in total. The Kier molecular flexibility index (Phi) is 18.7. The number of carbonyl (C=O) groups is 1. The van der Waals surface area contributed by atoms with Crippen LogP contribution in [0.1, 0.15) is 157 Å². The van der Waals surface area contributed by atoms with E-state index in [9.17, 15) is 9.90 Å². The summed E-state index contributed by atoms with van der Waals surface area (Å²) >= 11 is 0. The quantitative estimate of drug-likeness (QED) is 0.171. The molecular weight excluding hydrogens is 380 g/mol. The molecule has 3 atom stereocenters. The second-order valence-corrected chi connectivity index (χ2v) is 11.2. The normalized spacial score (nSPS) is 15.0. The highest BCUT2D eigenvalue weighted by molar-refractivity contribution is 5.73. The van der Waals surface area contributed by atoms with E-state index in [4.69, 9.17) is 0 Å². The van der Waals surface area contributed by atoms with Crippen LogP contribution in [0.15, 0.2) is 0 Å². The summed E-state index contributed by atoms with van der Waals surface area (Å²) < 4.78 is 0. The third kappa shape index (κ3) is 15.8. The number of hydrogen-bond donors (Lipinski definition) is 1. The van der Waals surface area contributed by atoms with Gasteiger partial charge in [-0.05, 0) is 38.0 Å². The standard InChI is InChI=1S/C29H58O2/c1-7-9-11-13-15-17-22-27(21-16-14-12-10-8-2)23-19-18-20-25(3)24-26(4)29(5,6)28(30)31/h25-27H,7-24H2,1-6H3,(H,30,31). The van der Waals surface area contributed by atoms with E-state index >= 15 is 0 Å². The average molecular weight is 439 g/mol. The highest BCUT2D eigenvalue weighted by Gasteiger charge is 2.34. The fourth-order valence-electron chi connectivity index (χ4n) is 4.84. The minimum absolute atomic E-state index is 0.226. The van der Waals surface area contributed by atoms with Gasteiger partial charge in [0.05, 0.1) is 5.41 Å². The Labute approximate surface area is 196 Å². The molecule has 0 heterocycles. The molecule has 0 aliphatic rings. The Morgan fingerprint density at radius 2 is 1.06 bits per heavy atom. The fraction of sp³-hybridized carbons (Fsp3) is 0.966. The van der Waals surface area contributed by atoms with Gasteiger partial charge in [0, 0.05) is 0 Å². The van der Waals surface area contributed by atoms with Gasteiger partial charge in [-0.1, -0.05) is 137 Å². The van der Waals surface area contributed by atoms with Gasteiger partial charge in [0.2, 0.25) is 0 Å². The van der Waals surface area contributed by atoms with Gasteiger partial charge in [-0.25, -0.2) is 0 Å². The minimum atomic E-state index is -0.663. The molecule has 0 fully saturated rings. The van der Waals surface area contributed by atoms with Crippen LogP contribution in [0.25, 0.3) is 0 Å². The van der Waals surface area contributed by atoms with E-state index in [0.29, 0.717) is 5.92 Å². The van der Waals surface area contributed by atoms with Crippen molar-refractivity contribution in [2.75, 3.05) is 0 Å². The van der Waals surface area contributed by atoms with E-state index in [0.717, 1.165) is 12.3 Å². The second kappa shape index (κ2) is 19.0. The van der Waals surface area contributed by atoms with Gasteiger partial charge in [-0.15, -0.1) is 0 Å². The van der Waals surface area contributed by atoms with Crippen LogP contribution in [0.3, 0.4) is 0 Å². The first kappa shape index (κ1) is 30.5. The van der Waals surface area contributed by atoms with Gasteiger partial charge >= 0.3 is 5.97 Å². The average Bonchev–Trinajstić information content (AvgIpc) is 2.72. The number of carboxylic acid groups (broad SMARTS) is 1. The van der Waals surface area contributed by atoms with Crippen LogP contribution in [0, 0.1) is 23.2 Å². The van der Waals surface area contributed by atoms with Crippen molar-refractivity contribution >= 4 is 5.97 Å². The van der Waals surface area contributed by atoms with Crippen molar-refractivity contribution in [3.8, 4) is 0 Å². The molecule has 3 unspecified atom stereocenters. The third-order valence-corrected chi connectivity index (χ3v) is 7.78. The lowest BCUT2D eigenvalue weighted by Gasteiger charge is -2.29. The molecule has 0 saturated carbocycles. The monoisotopic (exact) mass is 438 g/mol. The van der Waals surface area contributed by atoms with Crippen LogP contribution in [-0.2, 0) is 4.79 Å². The van der Waals surface area contributed by atoms with Crippen LogP contribution in [0.2, 0.25) is 0 Å². The molecule has 1 N–H and O–H groups in total. The molecule has 0 saturated heterocycles. The molecule has 186 valence electrons. The summed E-state index contributed by atoms with van der Waals surface area (Å²) in [6.07, 6.45) is 24.7. The fourth-order valence-corrected chi connectivity index (χ4v) is 4.84. The zero-order chi connectivity index (χ0) is 23.5. The second-order valence-electron chi connectivity index (χ2n) is 11.2. The van der Waals surface area contributed by atoms with Crippen LogP contribution < -0.4 is 0 Å². The van der Waals surface area contributed by atoms with Crippen molar-refractivity contribution in [3.63, 3.8) is 0 Å². The van der Waals surface area contributed by atoms with Crippen molar-refractivity contribution in [1.82, 2.24) is 0 Å². The van der Waals surface area contributed by atoms with Crippen LogP contribution in [0.5, 0.6) is 0 Å². The summed E-state index contributed by atoms with van der Waals surface area (Å²) in [7, 11) is 0. The molecule has 0 radical (unpaired) electrons. The number of carboxylic acids is 1. The Hall–Kier alpha value is -0.530. The van der Waals surface area contributed by atoms with Crippen molar-refractivity contribution < 1.29 is 9.90 Å². The maximum Gasteiger partial charge on any atom is 0.309 e. The van der Waals surface area contributed by atoms with Crippen LogP contribution >= 0.6 is 0 Å². The Bertz CT molecular complexity index is 415. The molecule has 0 rings (SSSR count). The van der Waals surface area contributed by atoms with E-state index in [-0.39, 0.29) is 5.92 Å². The molecular formula is C29H58O2. The SMILES string of the molecule is CCCCCCCCC(CCCCCCC)CCCCC(C)CC(C)C(C)(C)C(=O)O. The Morgan fingerprint density at radius 3 is 1.52 bits per heavy atom. The highest BCUT2D eigenvalue weighted by atomic mass is 16.4. The van der Waals surface area contributed by atoms with Gasteiger partial charge in [0.15, 0.2) is 0 Å². The lowest BCUT2D eigenvalue weighted by molar-refractivity contribution is -0.150. The minimum Gasteiger partial charge on any atom is -0.481 e. The largest absolute Gasteiger partial charge is 0.481 e. The molecule has 0 aliphatic heterocycles. The van der Waals surface area contributed by atoms with Gasteiger partial charge in [-0.3, -0.25) is 4.79 Å². The van der Waals surface area contributed by atoms with Crippen molar-refractivity contribution in [3.05, 3.63) is 0 Å². The van der Waals surface area contributed by atoms with Crippen molar-refractivity contribution in [1.29, 1.82) is 0 Å².